The van der Waals surface area contributed by atoms with Gasteiger partial charge in [-0.15, -0.1) is 0 Å². The van der Waals surface area contributed by atoms with Gasteiger partial charge < -0.3 is 5.32 Å². The van der Waals surface area contributed by atoms with Crippen molar-refractivity contribution in [3.8, 4) is 0 Å². The van der Waals surface area contributed by atoms with Crippen molar-refractivity contribution in [2.75, 3.05) is 5.32 Å². The molecule has 21 heavy (non-hydrogen) atoms. The van der Waals surface area contributed by atoms with Crippen molar-refractivity contribution in [3.05, 3.63) is 38.3 Å². The summed E-state index contributed by atoms with van der Waals surface area (Å²) in [5.41, 5.74) is 5.19. The lowest BCUT2D eigenvalue weighted by Crippen LogP contribution is -2.45. The Labute approximate surface area is 142 Å². The zero-order valence-corrected chi connectivity index (χ0v) is 16.2. The maximum absolute atomic E-state index is 6.67. The molecule has 0 fully saturated rings. The van der Waals surface area contributed by atoms with Crippen LogP contribution in [0.5, 0.6) is 0 Å². The van der Waals surface area contributed by atoms with E-state index in [4.69, 9.17) is 11.6 Å². The van der Waals surface area contributed by atoms with Gasteiger partial charge in [0.2, 0.25) is 0 Å². The third-order valence-corrected chi connectivity index (χ3v) is 5.52. The molecule has 0 radical (unpaired) electrons. The van der Waals surface area contributed by atoms with E-state index in [1.165, 1.54) is 22.4 Å². The van der Waals surface area contributed by atoms with Crippen molar-refractivity contribution < 1.29 is 0 Å². The molecule has 0 aromatic heterocycles. The van der Waals surface area contributed by atoms with Gasteiger partial charge >= 0.3 is 0 Å². The van der Waals surface area contributed by atoms with Crippen molar-refractivity contribution in [1.29, 1.82) is 0 Å². The summed E-state index contributed by atoms with van der Waals surface area (Å²) in [6.07, 6.45) is 4.41. The number of aryl methyl sites for hydroxylation is 1. The Morgan fingerprint density at radius 1 is 1.38 bits per heavy atom. The van der Waals surface area contributed by atoms with Crippen molar-refractivity contribution in [1.82, 2.24) is 0 Å². The lowest BCUT2D eigenvalue weighted by atomic mass is 9.67. The highest BCUT2D eigenvalue weighted by atomic mass is 79.9. The predicted molar refractivity (Wildman–Crippen MR) is 97.6 cm³/mol. The van der Waals surface area contributed by atoms with Gasteiger partial charge in [-0.3, -0.25) is 0 Å². The fraction of sp³-hybridized carbons (Fsp3) is 0.556. The van der Waals surface area contributed by atoms with Gasteiger partial charge in [0.15, 0.2) is 0 Å². The first-order valence-electron chi connectivity index (χ1n) is 7.46. The lowest BCUT2D eigenvalue weighted by molar-refractivity contribution is 0.332. The van der Waals surface area contributed by atoms with E-state index in [-0.39, 0.29) is 11.0 Å². The molecule has 1 heterocycles. The van der Waals surface area contributed by atoms with Crippen LogP contribution in [0.25, 0.3) is 0 Å². The number of fused-ring (bicyclic) bond motifs is 1. The SMILES string of the molecule is CC(C)=CCC1(C)CC(C)(C)Nc2c(C)cc(Br)c(Cl)c21. The smallest absolute Gasteiger partial charge is 0.0606 e. The highest BCUT2D eigenvalue weighted by molar-refractivity contribution is 9.10. The van der Waals surface area contributed by atoms with E-state index in [1.807, 2.05) is 0 Å². The van der Waals surface area contributed by atoms with Crippen molar-refractivity contribution >= 4 is 33.2 Å². The quantitative estimate of drug-likeness (QED) is 0.577. The molecule has 1 atom stereocenters. The van der Waals surface area contributed by atoms with E-state index in [2.05, 4.69) is 74.9 Å². The monoisotopic (exact) mass is 369 g/mol. The van der Waals surface area contributed by atoms with Crippen molar-refractivity contribution in [3.63, 3.8) is 0 Å². The Balaban J connectivity index is 2.67. The van der Waals surface area contributed by atoms with E-state index < -0.39 is 0 Å². The van der Waals surface area contributed by atoms with Crippen LogP contribution in [0, 0.1) is 6.92 Å². The Morgan fingerprint density at radius 2 is 2.00 bits per heavy atom. The summed E-state index contributed by atoms with van der Waals surface area (Å²) in [4.78, 5) is 0. The molecule has 0 spiro atoms. The van der Waals surface area contributed by atoms with Crippen LogP contribution in [0.3, 0.4) is 0 Å². The van der Waals surface area contributed by atoms with Crippen molar-refractivity contribution in [2.45, 2.75) is 65.3 Å². The molecule has 0 saturated heterocycles. The summed E-state index contributed by atoms with van der Waals surface area (Å²) in [5.74, 6) is 0. The molecule has 0 saturated carbocycles. The summed E-state index contributed by atoms with van der Waals surface area (Å²) in [5, 5.41) is 4.54. The van der Waals surface area contributed by atoms with Crippen LogP contribution < -0.4 is 5.32 Å². The molecule has 1 aromatic rings. The summed E-state index contributed by atoms with van der Waals surface area (Å²) < 4.78 is 0.991. The Hall–Kier alpha value is -0.470. The van der Waals surface area contributed by atoms with E-state index in [9.17, 15) is 0 Å². The first kappa shape index (κ1) is 16.9. The molecule has 1 aliphatic heterocycles. The van der Waals surface area contributed by atoms with Gasteiger partial charge in [-0.25, -0.2) is 0 Å². The van der Waals surface area contributed by atoms with Gasteiger partial charge in [-0.1, -0.05) is 30.2 Å². The molecule has 1 N–H and O–H groups in total. The summed E-state index contributed by atoms with van der Waals surface area (Å²) in [7, 11) is 0. The zero-order chi connectivity index (χ0) is 16.0. The number of benzene rings is 1. The van der Waals surface area contributed by atoms with Crippen LogP contribution in [0.15, 0.2) is 22.2 Å². The number of rotatable bonds is 2. The van der Waals surface area contributed by atoms with Gasteiger partial charge in [-0.05, 0) is 75.0 Å². The molecule has 1 aliphatic rings. The Kier molecular flexibility index (Phi) is 4.52. The number of allylic oxidation sites excluding steroid dienone is 2. The van der Waals surface area contributed by atoms with Gasteiger partial charge in [0.05, 0.1) is 5.02 Å². The third-order valence-electron chi connectivity index (χ3n) is 4.28. The normalized spacial score (nSPS) is 23.2. The van der Waals surface area contributed by atoms with Crippen LogP contribution in [0.4, 0.5) is 5.69 Å². The lowest BCUT2D eigenvalue weighted by Gasteiger charge is -2.46. The topological polar surface area (TPSA) is 12.0 Å². The van der Waals surface area contributed by atoms with Gasteiger partial charge in [0, 0.05) is 26.7 Å². The molecule has 0 bridgehead atoms. The fourth-order valence-corrected chi connectivity index (χ4v) is 4.45. The molecule has 3 heteroatoms. The van der Waals surface area contributed by atoms with Crippen LogP contribution in [0.2, 0.25) is 5.02 Å². The molecular weight excluding hydrogens is 346 g/mol. The standard InChI is InChI=1S/C18H25BrClN/c1-11(2)7-8-18(6)10-17(4,5)21-16-12(3)9-13(19)15(20)14(16)18/h7,9,21H,8,10H2,1-6H3. The van der Waals surface area contributed by atoms with E-state index in [0.29, 0.717) is 0 Å². The molecule has 1 nitrogen and oxygen atoms in total. The molecule has 2 rings (SSSR count). The predicted octanol–water partition coefficient (Wildman–Crippen LogP) is 6.62. The first-order chi connectivity index (χ1) is 9.56. The first-order valence-corrected chi connectivity index (χ1v) is 8.63. The van der Waals surface area contributed by atoms with Crippen LogP contribution in [0.1, 0.15) is 58.6 Å². The van der Waals surface area contributed by atoms with Gasteiger partial charge in [0.25, 0.3) is 0 Å². The van der Waals surface area contributed by atoms with Gasteiger partial charge in [-0.2, -0.15) is 0 Å². The number of hydrogen-bond acceptors (Lipinski definition) is 1. The highest BCUT2D eigenvalue weighted by Crippen LogP contribution is 2.51. The maximum Gasteiger partial charge on any atom is 0.0606 e. The molecule has 1 unspecified atom stereocenters. The summed E-state index contributed by atoms with van der Waals surface area (Å²) in [6, 6.07) is 2.11. The number of halogens is 2. The minimum absolute atomic E-state index is 0.0486. The maximum atomic E-state index is 6.67. The number of anilines is 1. The summed E-state index contributed by atoms with van der Waals surface area (Å²) in [6.45, 7) is 13.3. The van der Waals surface area contributed by atoms with Gasteiger partial charge in [0.1, 0.15) is 0 Å². The fourth-order valence-electron chi connectivity index (χ4n) is 3.53. The number of nitrogens with one attached hydrogen (secondary N) is 1. The van der Waals surface area contributed by atoms with Crippen LogP contribution in [-0.4, -0.2) is 5.54 Å². The van der Waals surface area contributed by atoms with Crippen molar-refractivity contribution in [2.24, 2.45) is 0 Å². The van der Waals surface area contributed by atoms with Crippen LogP contribution in [-0.2, 0) is 5.41 Å². The minimum atomic E-state index is 0.0486. The average Bonchev–Trinajstić information content (AvgIpc) is 2.32. The van der Waals surface area contributed by atoms with Crippen LogP contribution >= 0.6 is 27.5 Å². The largest absolute Gasteiger partial charge is 0.380 e. The average molecular weight is 371 g/mol. The third kappa shape index (κ3) is 3.32. The second-order valence-corrected chi connectivity index (χ2v) is 8.70. The molecule has 116 valence electrons. The molecule has 0 amide bonds. The second-order valence-electron chi connectivity index (χ2n) is 7.47. The molecule has 0 aliphatic carbocycles. The van der Waals surface area contributed by atoms with E-state index >= 15 is 0 Å². The Bertz CT molecular complexity index is 600. The summed E-state index contributed by atoms with van der Waals surface area (Å²) >= 11 is 10.3. The second kappa shape index (κ2) is 5.62. The Morgan fingerprint density at radius 3 is 2.57 bits per heavy atom. The van der Waals surface area contributed by atoms with E-state index in [0.717, 1.165) is 22.3 Å². The van der Waals surface area contributed by atoms with E-state index in [1.54, 1.807) is 0 Å². The minimum Gasteiger partial charge on any atom is -0.380 e. The highest BCUT2D eigenvalue weighted by Gasteiger charge is 2.42. The zero-order valence-electron chi connectivity index (χ0n) is 13.8. The molecular formula is C18H25BrClN. The number of hydrogen-bond donors (Lipinski definition) is 1. The molecule has 1 aromatic carbocycles.